The number of hydrogen-bond acceptors (Lipinski definition) is 3. The first-order chi connectivity index (χ1) is 8.09. The van der Waals surface area contributed by atoms with Gasteiger partial charge in [-0.1, -0.05) is 31.0 Å². The number of anilines is 1. The van der Waals surface area contributed by atoms with Crippen LogP contribution < -0.4 is 4.90 Å². The molecule has 0 aliphatic carbocycles. The fourth-order valence-electron chi connectivity index (χ4n) is 2.35. The number of nitrogens with zero attached hydrogens (tertiary/aromatic N) is 2. The molecule has 1 aromatic carbocycles. The lowest BCUT2D eigenvalue weighted by atomic mass is 9.88. The average molecular weight is 251 g/mol. The highest BCUT2D eigenvalue weighted by molar-refractivity contribution is 6.32. The van der Waals surface area contributed by atoms with Crippen molar-refractivity contribution >= 4 is 17.3 Å². The van der Waals surface area contributed by atoms with E-state index in [4.69, 9.17) is 16.9 Å². The first-order valence-electron chi connectivity index (χ1n) is 5.75. The van der Waals surface area contributed by atoms with Gasteiger partial charge in [0.05, 0.1) is 21.9 Å². The molecule has 1 aliphatic rings. The van der Waals surface area contributed by atoms with Crippen LogP contribution in [0, 0.1) is 11.3 Å². The van der Waals surface area contributed by atoms with Gasteiger partial charge in [-0.15, -0.1) is 0 Å². The molecule has 0 bridgehead atoms. The van der Waals surface area contributed by atoms with E-state index < -0.39 is 5.60 Å². The van der Waals surface area contributed by atoms with Gasteiger partial charge in [0, 0.05) is 13.1 Å². The summed E-state index contributed by atoms with van der Waals surface area (Å²) in [6.07, 6.45) is 1.76. The van der Waals surface area contributed by atoms with Gasteiger partial charge in [-0.3, -0.25) is 0 Å². The molecule has 17 heavy (non-hydrogen) atoms. The highest BCUT2D eigenvalue weighted by Crippen LogP contribution is 2.35. The zero-order valence-electron chi connectivity index (χ0n) is 9.78. The molecular formula is C13H15ClN2O. The Morgan fingerprint density at radius 2 is 2.24 bits per heavy atom. The maximum atomic E-state index is 10.1. The maximum absolute atomic E-state index is 10.1. The Balaban J connectivity index is 2.17. The predicted octanol–water partition coefficient (Wildman–Crippen LogP) is 2.56. The quantitative estimate of drug-likeness (QED) is 0.897. The van der Waals surface area contributed by atoms with Gasteiger partial charge in [-0.2, -0.15) is 5.26 Å². The second-order valence-corrected chi connectivity index (χ2v) is 4.98. The van der Waals surface area contributed by atoms with Crippen LogP contribution in [0.2, 0.25) is 5.02 Å². The molecule has 1 N–H and O–H groups in total. The molecule has 1 saturated heterocycles. The van der Waals surface area contributed by atoms with Crippen molar-refractivity contribution in [3.05, 3.63) is 28.8 Å². The Kier molecular flexibility index (Phi) is 3.28. The van der Waals surface area contributed by atoms with Gasteiger partial charge >= 0.3 is 0 Å². The van der Waals surface area contributed by atoms with E-state index >= 15 is 0 Å². The van der Waals surface area contributed by atoms with Crippen molar-refractivity contribution in [3.8, 4) is 6.07 Å². The number of benzene rings is 1. The molecule has 0 radical (unpaired) electrons. The van der Waals surface area contributed by atoms with Crippen LogP contribution in [0.5, 0.6) is 0 Å². The number of β-amino-alcohol motifs (C(OH)–C–C–N with tert-alkyl or cyclic N) is 1. The number of nitriles is 1. The SMILES string of the molecule is CCCC1(O)CN(c2cccc(Cl)c2C#N)C1. The molecule has 0 spiro atoms. The topological polar surface area (TPSA) is 47.3 Å². The molecular weight excluding hydrogens is 236 g/mol. The second-order valence-electron chi connectivity index (χ2n) is 4.58. The lowest BCUT2D eigenvalue weighted by Crippen LogP contribution is -2.62. The molecule has 1 heterocycles. The summed E-state index contributed by atoms with van der Waals surface area (Å²) in [5.74, 6) is 0. The molecule has 2 rings (SSSR count). The summed E-state index contributed by atoms with van der Waals surface area (Å²) < 4.78 is 0. The van der Waals surface area contributed by atoms with Gasteiger partial charge in [-0.05, 0) is 18.6 Å². The first kappa shape index (κ1) is 12.2. The third-order valence-corrected chi connectivity index (χ3v) is 3.44. The first-order valence-corrected chi connectivity index (χ1v) is 6.13. The standard InChI is InChI=1S/C13H15ClN2O/c1-2-6-13(17)8-16(9-13)12-5-3-4-11(14)10(12)7-15/h3-5,17H,2,6,8-9H2,1H3. The Labute approximate surface area is 106 Å². The van der Waals surface area contributed by atoms with Gasteiger partial charge in [0.15, 0.2) is 0 Å². The van der Waals surface area contributed by atoms with Crippen molar-refractivity contribution < 1.29 is 5.11 Å². The Morgan fingerprint density at radius 1 is 1.53 bits per heavy atom. The fraction of sp³-hybridized carbons (Fsp3) is 0.462. The van der Waals surface area contributed by atoms with Crippen molar-refractivity contribution in [2.24, 2.45) is 0 Å². The van der Waals surface area contributed by atoms with Crippen LogP contribution in [0.15, 0.2) is 18.2 Å². The molecule has 90 valence electrons. The lowest BCUT2D eigenvalue weighted by Gasteiger charge is -2.48. The number of halogens is 1. The number of aliphatic hydroxyl groups is 1. The van der Waals surface area contributed by atoms with Crippen molar-refractivity contribution in [3.63, 3.8) is 0 Å². The van der Waals surface area contributed by atoms with E-state index in [1.165, 1.54) is 0 Å². The Bertz CT molecular complexity index is 461. The fourth-order valence-corrected chi connectivity index (χ4v) is 2.56. The van der Waals surface area contributed by atoms with Crippen molar-refractivity contribution in [2.75, 3.05) is 18.0 Å². The van der Waals surface area contributed by atoms with E-state index in [9.17, 15) is 5.11 Å². The van der Waals surface area contributed by atoms with Crippen LogP contribution in [0.3, 0.4) is 0 Å². The Morgan fingerprint density at radius 3 is 2.82 bits per heavy atom. The summed E-state index contributed by atoms with van der Waals surface area (Å²) >= 11 is 5.98. The van der Waals surface area contributed by atoms with E-state index in [0.29, 0.717) is 23.7 Å². The molecule has 3 nitrogen and oxygen atoms in total. The van der Waals surface area contributed by atoms with Crippen LogP contribution in [0.25, 0.3) is 0 Å². The molecule has 4 heteroatoms. The third-order valence-electron chi connectivity index (χ3n) is 3.13. The summed E-state index contributed by atoms with van der Waals surface area (Å²) in [6.45, 7) is 3.21. The highest BCUT2D eigenvalue weighted by atomic mass is 35.5. The van der Waals surface area contributed by atoms with E-state index in [-0.39, 0.29) is 0 Å². The predicted molar refractivity (Wildman–Crippen MR) is 68.2 cm³/mol. The van der Waals surface area contributed by atoms with Gasteiger partial charge in [0.1, 0.15) is 6.07 Å². The van der Waals surface area contributed by atoms with Gasteiger partial charge in [-0.25, -0.2) is 0 Å². The molecule has 0 aromatic heterocycles. The molecule has 0 saturated carbocycles. The molecule has 1 aliphatic heterocycles. The Hall–Kier alpha value is -1.24. The van der Waals surface area contributed by atoms with Crippen LogP contribution in [-0.2, 0) is 0 Å². The van der Waals surface area contributed by atoms with E-state index in [2.05, 4.69) is 13.0 Å². The number of rotatable bonds is 3. The third kappa shape index (κ3) is 2.24. The monoisotopic (exact) mass is 250 g/mol. The second kappa shape index (κ2) is 4.56. The minimum atomic E-state index is -0.593. The lowest BCUT2D eigenvalue weighted by molar-refractivity contribution is 0.00338. The summed E-state index contributed by atoms with van der Waals surface area (Å²) in [4.78, 5) is 2.00. The minimum absolute atomic E-state index is 0.468. The summed E-state index contributed by atoms with van der Waals surface area (Å²) in [7, 11) is 0. The van der Waals surface area contributed by atoms with Gasteiger partial charge < -0.3 is 10.0 Å². The van der Waals surface area contributed by atoms with E-state index in [1.807, 2.05) is 17.0 Å². The molecule has 0 amide bonds. The van der Waals surface area contributed by atoms with Crippen LogP contribution in [0.4, 0.5) is 5.69 Å². The highest BCUT2D eigenvalue weighted by Gasteiger charge is 2.41. The van der Waals surface area contributed by atoms with Crippen LogP contribution in [0.1, 0.15) is 25.3 Å². The summed E-state index contributed by atoms with van der Waals surface area (Å²) in [5.41, 5.74) is 0.720. The van der Waals surface area contributed by atoms with Crippen LogP contribution >= 0.6 is 11.6 Å². The molecule has 0 unspecified atom stereocenters. The number of hydrogen-bond donors (Lipinski definition) is 1. The van der Waals surface area contributed by atoms with Crippen molar-refractivity contribution in [1.29, 1.82) is 5.26 Å². The average Bonchev–Trinajstić information content (AvgIpc) is 2.25. The van der Waals surface area contributed by atoms with E-state index in [0.717, 1.165) is 18.5 Å². The smallest absolute Gasteiger partial charge is 0.103 e. The summed E-state index contributed by atoms with van der Waals surface area (Å²) in [6, 6.07) is 7.53. The molecule has 1 fully saturated rings. The summed E-state index contributed by atoms with van der Waals surface area (Å²) in [5, 5.41) is 19.7. The molecule has 0 atom stereocenters. The zero-order chi connectivity index (χ0) is 12.5. The van der Waals surface area contributed by atoms with Gasteiger partial charge in [0.2, 0.25) is 0 Å². The van der Waals surface area contributed by atoms with Crippen LogP contribution in [-0.4, -0.2) is 23.8 Å². The normalized spacial score (nSPS) is 17.4. The maximum Gasteiger partial charge on any atom is 0.103 e. The largest absolute Gasteiger partial charge is 0.386 e. The molecule has 1 aromatic rings. The van der Waals surface area contributed by atoms with Crippen molar-refractivity contribution in [1.82, 2.24) is 0 Å². The van der Waals surface area contributed by atoms with E-state index in [1.54, 1.807) is 6.07 Å². The minimum Gasteiger partial charge on any atom is -0.386 e. The van der Waals surface area contributed by atoms with Gasteiger partial charge in [0.25, 0.3) is 0 Å². The zero-order valence-corrected chi connectivity index (χ0v) is 10.5. The van der Waals surface area contributed by atoms with Crippen molar-refractivity contribution in [2.45, 2.75) is 25.4 Å².